The molecule has 0 aromatic rings. The van der Waals surface area contributed by atoms with Crippen molar-refractivity contribution in [1.29, 1.82) is 0 Å². The number of hydrogen-bond acceptors (Lipinski definition) is 3. The molecular formula is C10H19N3O2S. The molecule has 16 heavy (non-hydrogen) atoms. The molecule has 92 valence electrons. The first-order chi connectivity index (χ1) is 7.52. The minimum absolute atomic E-state index is 0.0615. The molecule has 0 unspecified atom stereocenters. The fraction of sp³-hybridized carbons (Fsp3) is 0.700. The standard InChI is InChI=1S/C10H19N3O2S/c1-3-5-13(6-4-2)10(15)9(14)12-7-8(11)16/h3-7H2,1-2H3,(H2,11,16)(H,12,14). The lowest BCUT2D eigenvalue weighted by molar-refractivity contribution is -0.145. The van der Waals surface area contributed by atoms with Crippen LogP contribution in [0.2, 0.25) is 0 Å². The highest BCUT2D eigenvalue weighted by Gasteiger charge is 2.19. The average Bonchev–Trinajstić information content (AvgIpc) is 2.24. The van der Waals surface area contributed by atoms with E-state index in [0.717, 1.165) is 12.8 Å². The summed E-state index contributed by atoms with van der Waals surface area (Å²) >= 11 is 4.61. The van der Waals surface area contributed by atoms with Gasteiger partial charge >= 0.3 is 11.8 Å². The van der Waals surface area contributed by atoms with Gasteiger partial charge in [-0.15, -0.1) is 0 Å². The van der Waals surface area contributed by atoms with E-state index in [0.29, 0.717) is 13.1 Å². The molecule has 0 aromatic carbocycles. The molecule has 0 aliphatic rings. The number of rotatable bonds is 6. The van der Waals surface area contributed by atoms with Crippen LogP contribution < -0.4 is 11.1 Å². The van der Waals surface area contributed by atoms with E-state index in [1.807, 2.05) is 13.8 Å². The molecule has 0 bridgehead atoms. The molecule has 0 aliphatic heterocycles. The first-order valence-corrected chi connectivity index (χ1v) is 5.79. The number of amides is 2. The zero-order valence-corrected chi connectivity index (χ0v) is 10.6. The zero-order chi connectivity index (χ0) is 12.6. The molecule has 0 saturated carbocycles. The molecule has 0 aromatic heterocycles. The number of nitrogens with two attached hydrogens (primary N) is 1. The van der Waals surface area contributed by atoms with Crippen LogP contribution in [0.1, 0.15) is 26.7 Å². The van der Waals surface area contributed by atoms with Gasteiger partial charge in [0, 0.05) is 13.1 Å². The van der Waals surface area contributed by atoms with Gasteiger partial charge in [0.05, 0.1) is 11.5 Å². The Labute approximate surface area is 101 Å². The van der Waals surface area contributed by atoms with Gasteiger partial charge in [0.2, 0.25) is 0 Å². The topological polar surface area (TPSA) is 75.4 Å². The van der Waals surface area contributed by atoms with Gasteiger partial charge in [-0.3, -0.25) is 9.59 Å². The Kier molecular flexibility index (Phi) is 7.45. The monoisotopic (exact) mass is 245 g/mol. The molecule has 0 saturated heterocycles. The molecule has 0 radical (unpaired) electrons. The Bertz CT molecular complexity index is 263. The van der Waals surface area contributed by atoms with Gasteiger partial charge in [0.1, 0.15) is 0 Å². The number of hydrogen-bond donors (Lipinski definition) is 2. The Hall–Kier alpha value is -1.17. The van der Waals surface area contributed by atoms with Gasteiger partial charge in [-0.1, -0.05) is 26.1 Å². The molecule has 0 fully saturated rings. The second kappa shape index (κ2) is 8.04. The van der Waals surface area contributed by atoms with Crippen LogP contribution in [0.25, 0.3) is 0 Å². The Morgan fingerprint density at radius 1 is 1.25 bits per heavy atom. The summed E-state index contributed by atoms with van der Waals surface area (Å²) in [7, 11) is 0. The van der Waals surface area contributed by atoms with E-state index in [-0.39, 0.29) is 11.5 Å². The van der Waals surface area contributed by atoms with E-state index >= 15 is 0 Å². The van der Waals surface area contributed by atoms with Crippen LogP contribution in [-0.4, -0.2) is 41.3 Å². The van der Waals surface area contributed by atoms with Crippen molar-refractivity contribution < 1.29 is 9.59 Å². The van der Waals surface area contributed by atoms with E-state index in [1.54, 1.807) is 0 Å². The van der Waals surface area contributed by atoms with Gasteiger partial charge in [-0.2, -0.15) is 0 Å². The summed E-state index contributed by atoms with van der Waals surface area (Å²) in [4.78, 5) is 24.8. The highest BCUT2D eigenvalue weighted by atomic mass is 32.1. The van der Waals surface area contributed by atoms with E-state index in [2.05, 4.69) is 17.5 Å². The molecule has 0 aliphatic carbocycles. The van der Waals surface area contributed by atoms with E-state index < -0.39 is 11.8 Å². The Balaban J connectivity index is 4.25. The lowest BCUT2D eigenvalue weighted by atomic mass is 10.3. The summed E-state index contributed by atoms with van der Waals surface area (Å²) < 4.78 is 0. The summed E-state index contributed by atoms with van der Waals surface area (Å²) in [5.74, 6) is -1.16. The third-order valence-corrected chi connectivity index (χ3v) is 2.04. The number of nitrogens with one attached hydrogen (secondary N) is 1. The first-order valence-electron chi connectivity index (χ1n) is 5.38. The highest BCUT2D eigenvalue weighted by molar-refractivity contribution is 7.80. The van der Waals surface area contributed by atoms with Crippen LogP contribution in [0.3, 0.4) is 0 Å². The molecule has 3 N–H and O–H groups in total. The molecule has 0 rings (SSSR count). The predicted octanol–water partition coefficient (Wildman–Crippen LogP) is 0.0373. The van der Waals surface area contributed by atoms with Crippen LogP contribution in [0, 0.1) is 0 Å². The SMILES string of the molecule is CCCN(CCC)C(=O)C(=O)NCC(N)=S. The average molecular weight is 245 g/mol. The summed E-state index contributed by atoms with van der Waals surface area (Å²) in [6.45, 7) is 5.16. The highest BCUT2D eigenvalue weighted by Crippen LogP contribution is 1.95. The van der Waals surface area contributed by atoms with Crippen molar-refractivity contribution in [3.05, 3.63) is 0 Å². The Morgan fingerprint density at radius 3 is 2.12 bits per heavy atom. The smallest absolute Gasteiger partial charge is 0.311 e. The normalized spacial score (nSPS) is 9.62. The van der Waals surface area contributed by atoms with Crippen LogP contribution in [0.4, 0.5) is 0 Å². The first kappa shape index (κ1) is 14.8. The second-order valence-electron chi connectivity index (χ2n) is 3.44. The maximum absolute atomic E-state index is 11.7. The molecule has 0 spiro atoms. The second-order valence-corrected chi connectivity index (χ2v) is 3.97. The summed E-state index contributed by atoms with van der Waals surface area (Å²) in [5, 5.41) is 2.38. The largest absolute Gasteiger partial charge is 0.392 e. The van der Waals surface area contributed by atoms with Crippen molar-refractivity contribution >= 4 is 29.0 Å². The van der Waals surface area contributed by atoms with Gasteiger partial charge in [-0.05, 0) is 12.8 Å². The third kappa shape index (κ3) is 5.65. The van der Waals surface area contributed by atoms with Crippen molar-refractivity contribution in [2.75, 3.05) is 19.6 Å². The maximum atomic E-state index is 11.7. The summed E-state index contributed by atoms with van der Waals surface area (Å²) in [6, 6.07) is 0. The van der Waals surface area contributed by atoms with Crippen molar-refractivity contribution in [2.24, 2.45) is 5.73 Å². The van der Waals surface area contributed by atoms with Gasteiger partial charge in [-0.25, -0.2) is 0 Å². The quantitative estimate of drug-likeness (QED) is 0.511. The summed E-state index contributed by atoms with van der Waals surface area (Å²) in [6.07, 6.45) is 1.66. The van der Waals surface area contributed by atoms with Crippen LogP contribution in [0.5, 0.6) is 0 Å². The Morgan fingerprint density at radius 2 is 1.75 bits per heavy atom. The van der Waals surface area contributed by atoms with E-state index in [1.165, 1.54) is 4.90 Å². The third-order valence-electron chi connectivity index (χ3n) is 1.89. The van der Waals surface area contributed by atoms with Crippen LogP contribution >= 0.6 is 12.2 Å². The molecule has 0 atom stereocenters. The molecular weight excluding hydrogens is 226 g/mol. The van der Waals surface area contributed by atoms with Crippen LogP contribution in [-0.2, 0) is 9.59 Å². The lowest BCUT2D eigenvalue weighted by Gasteiger charge is -2.20. The molecule has 0 heterocycles. The molecule has 2 amide bonds. The lowest BCUT2D eigenvalue weighted by Crippen LogP contribution is -2.45. The van der Waals surface area contributed by atoms with E-state index in [9.17, 15) is 9.59 Å². The van der Waals surface area contributed by atoms with Crippen LogP contribution in [0.15, 0.2) is 0 Å². The zero-order valence-electron chi connectivity index (χ0n) is 9.78. The van der Waals surface area contributed by atoms with Gasteiger partial charge in [0.15, 0.2) is 0 Å². The fourth-order valence-corrected chi connectivity index (χ4v) is 1.31. The van der Waals surface area contributed by atoms with Crippen molar-refractivity contribution in [1.82, 2.24) is 10.2 Å². The van der Waals surface area contributed by atoms with Crippen molar-refractivity contribution in [3.63, 3.8) is 0 Å². The maximum Gasteiger partial charge on any atom is 0.311 e. The minimum Gasteiger partial charge on any atom is -0.392 e. The number of nitrogens with zero attached hydrogens (tertiary/aromatic N) is 1. The summed E-state index contributed by atoms with van der Waals surface area (Å²) in [5.41, 5.74) is 5.23. The van der Waals surface area contributed by atoms with Gasteiger partial charge < -0.3 is 16.0 Å². The fourth-order valence-electron chi connectivity index (χ4n) is 1.24. The van der Waals surface area contributed by atoms with Crippen molar-refractivity contribution in [3.8, 4) is 0 Å². The predicted molar refractivity (Wildman–Crippen MR) is 67.0 cm³/mol. The number of carbonyl (C=O) groups excluding carboxylic acids is 2. The minimum atomic E-state index is -0.644. The molecule has 6 heteroatoms. The van der Waals surface area contributed by atoms with E-state index in [4.69, 9.17) is 5.73 Å². The number of thiocarbonyl (C=S) groups is 1. The van der Waals surface area contributed by atoms with Crippen molar-refractivity contribution in [2.45, 2.75) is 26.7 Å². The van der Waals surface area contributed by atoms with Gasteiger partial charge in [0.25, 0.3) is 0 Å². The molecule has 5 nitrogen and oxygen atoms in total. The number of carbonyl (C=O) groups is 2.